The molecule has 3 aromatic rings. The summed E-state index contributed by atoms with van der Waals surface area (Å²) in [7, 11) is 0. The Hall–Kier alpha value is -3.69. The van der Waals surface area contributed by atoms with Crippen LogP contribution in [-0.4, -0.2) is 28.0 Å². The third kappa shape index (κ3) is 4.65. The number of rotatable bonds is 6. The molecule has 0 saturated heterocycles. The Morgan fingerprint density at radius 3 is 2.37 bits per heavy atom. The van der Waals surface area contributed by atoms with Gasteiger partial charge in [0, 0.05) is 37.2 Å². The van der Waals surface area contributed by atoms with Crippen molar-refractivity contribution in [1.29, 1.82) is 5.26 Å². The third-order valence-corrected chi connectivity index (χ3v) is 5.07. The predicted octanol–water partition coefficient (Wildman–Crippen LogP) is 4.82. The lowest BCUT2D eigenvalue weighted by molar-refractivity contribution is 0.345. The average molecular weight is 396 g/mol. The largest absolute Gasteiger partial charge is 0.340 e. The maximum Gasteiger partial charge on any atom is 0.229 e. The average Bonchev–Trinajstić information content (AvgIpc) is 3.25. The van der Waals surface area contributed by atoms with Gasteiger partial charge in [-0.3, -0.25) is 4.90 Å². The zero-order valence-electron chi connectivity index (χ0n) is 17.2. The highest BCUT2D eigenvalue weighted by Crippen LogP contribution is 2.27. The lowest BCUT2D eigenvalue weighted by atomic mass is 10.0. The van der Waals surface area contributed by atoms with Gasteiger partial charge in [-0.2, -0.15) is 10.2 Å². The predicted molar refractivity (Wildman–Crippen MR) is 120 cm³/mol. The van der Waals surface area contributed by atoms with E-state index in [9.17, 15) is 0 Å². The smallest absolute Gasteiger partial charge is 0.229 e. The van der Waals surface area contributed by atoms with E-state index in [0.29, 0.717) is 11.5 Å². The molecule has 0 radical (unpaired) electrons. The van der Waals surface area contributed by atoms with E-state index in [1.165, 1.54) is 16.7 Å². The Bertz CT molecular complexity index is 1080. The molecular formula is C24H24N6. The highest BCUT2D eigenvalue weighted by molar-refractivity contribution is 5.66. The van der Waals surface area contributed by atoms with E-state index < -0.39 is 0 Å². The maximum absolute atomic E-state index is 8.92. The van der Waals surface area contributed by atoms with Gasteiger partial charge in [-0.05, 0) is 60.9 Å². The molecule has 30 heavy (non-hydrogen) atoms. The second kappa shape index (κ2) is 8.76. The van der Waals surface area contributed by atoms with Crippen LogP contribution in [0, 0.1) is 25.2 Å². The molecule has 2 N–H and O–H groups in total. The zero-order valence-corrected chi connectivity index (χ0v) is 17.2. The normalized spacial score (nSPS) is 13.2. The van der Waals surface area contributed by atoms with Crippen LogP contribution in [0.5, 0.6) is 0 Å². The van der Waals surface area contributed by atoms with E-state index in [0.717, 1.165) is 36.8 Å². The summed E-state index contributed by atoms with van der Waals surface area (Å²) in [5.74, 6) is 1.22. The van der Waals surface area contributed by atoms with Gasteiger partial charge >= 0.3 is 0 Å². The van der Waals surface area contributed by atoms with Gasteiger partial charge in [0.05, 0.1) is 11.6 Å². The van der Waals surface area contributed by atoms with Gasteiger partial charge in [0.2, 0.25) is 5.95 Å². The molecule has 6 nitrogen and oxygen atoms in total. The first kappa shape index (κ1) is 19.6. The fraction of sp³-hybridized carbons (Fsp3) is 0.208. The SMILES string of the molecule is Cc1cc(CN2CC=CC2)cc(C)c1Nc1ccnc(Nc2ccc(C#N)cc2)n1. The summed E-state index contributed by atoms with van der Waals surface area (Å²) in [6, 6.07) is 15.6. The fourth-order valence-electron chi connectivity index (χ4n) is 3.62. The van der Waals surface area contributed by atoms with Crippen LogP contribution >= 0.6 is 0 Å². The molecule has 0 fully saturated rings. The number of nitrogens with one attached hydrogen (secondary N) is 2. The van der Waals surface area contributed by atoms with E-state index in [2.05, 4.69) is 69.7 Å². The van der Waals surface area contributed by atoms with E-state index in [-0.39, 0.29) is 0 Å². The Morgan fingerprint density at radius 1 is 1.00 bits per heavy atom. The molecule has 2 heterocycles. The van der Waals surface area contributed by atoms with Crippen LogP contribution in [-0.2, 0) is 6.54 Å². The number of aromatic nitrogens is 2. The standard InChI is InChI=1S/C24H24N6/c1-17-13-20(16-30-11-3-4-12-30)14-18(2)23(17)28-22-9-10-26-24(29-22)27-21-7-5-19(15-25)6-8-21/h3-10,13-14H,11-12,16H2,1-2H3,(H2,26,27,28,29). The summed E-state index contributed by atoms with van der Waals surface area (Å²) in [5.41, 5.74) is 6.23. The van der Waals surface area contributed by atoms with Crippen molar-refractivity contribution in [3.05, 3.63) is 83.1 Å². The van der Waals surface area contributed by atoms with Crippen LogP contribution in [0.25, 0.3) is 0 Å². The van der Waals surface area contributed by atoms with Gasteiger partial charge in [-0.1, -0.05) is 24.3 Å². The summed E-state index contributed by atoms with van der Waals surface area (Å²) in [6.45, 7) is 7.25. The lowest BCUT2D eigenvalue weighted by Gasteiger charge is -2.18. The molecule has 0 aliphatic carbocycles. The third-order valence-electron chi connectivity index (χ3n) is 5.07. The van der Waals surface area contributed by atoms with Crippen LogP contribution in [0.3, 0.4) is 0 Å². The molecule has 1 aliphatic rings. The monoisotopic (exact) mass is 396 g/mol. The van der Waals surface area contributed by atoms with Gasteiger partial charge < -0.3 is 10.6 Å². The molecule has 0 spiro atoms. The van der Waals surface area contributed by atoms with Gasteiger partial charge in [-0.25, -0.2) is 4.98 Å². The first-order valence-corrected chi connectivity index (χ1v) is 9.95. The molecule has 0 amide bonds. The van der Waals surface area contributed by atoms with E-state index in [1.807, 2.05) is 18.2 Å². The highest BCUT2D eigenvalue weighted by Gasteiger charge is 2.11. The van der Waals surface area contributed by atoms with Gasteiger partial charge in [0.25, 0.3) is 0 Å². The molecule has 0 saturated carbocycles. The van der Waals surface area contributed by atoms with Crippen molar-refractivity contribution in [2.24, 2.45) is 0 Å². The molecule has 150 valence electrons. The number of benzene rings is 2. The van der Waals surface area contributed by atoms with Gasteiger partial charge in [-0.15, -0.1) is 0 Å². The number of aryl methyl sites for hydroxylation is 2. The van der Waals surface area contributed by atoms with Gasteiger partial charge in [0.15, 0.2) is 0 Å². The van der Waals surface area contributed by atoms with Crippen LogP contribution in [0.1, 0.15) is 22.3 Å². The van der Waals surface area contributed by atoms with Crippen LogP contribution in [0.15, 0.2) is 60.8 Å². The number of anilines is 4. The van der Waals surface area contributed by atoms with Crippen LogP contribution in [0.2, 0.25) is 0 Å². The second-order valence-electron chi connectivity index (χ2n) is 7.47. The Kier molecular flexibility index (Phi) is 5.73. The van der Waals surface area contributed by atoms with Crippen LogP contribution < -0.4 is 10.6 Å². The number of nitrogens with zero attached hydrogens (tertiary/aromatic N) is 4. The van der Waals surface area contributed by atoms with Crippen molar-refractivity contribution in [3.8, 4) is 6.07 Å². The number of hydrogen-bond acceptors (Lipinski definition) is 6. The quantitative estimate of drug-likeness (QED) is 0.582. The summed E-state index contributed by atoms with van der Waals surface area (Å²) in [4.78, 5) is 11.3. The van der Waals surface area contributed by atoms with Crippen LogP contribution in [0.4, 0.5) is 23.1 Å². The molecule has 6 heteroatoms. The number of hydrogen-bond donors (Lipinski definition) is 2. The second-order valence-corrected chi connectivity index (χ2v) is 7.47. The van der Waals surface area contributed by atoms with Crippen molar-refractivity contribution >= 4 is 23.1 Å². The molecule has 4 rings (SSSR count). The molecule has 2 aromatic carbocycles. The van der Waals surface area contributed by atoms with Crippen molar-refractivity contribution in [1.82, 2.24) is 14.9 Å². The molecule has 1 aromatic heterocycles. The summed E-state index contributed by atoms with van der Waals surface area (Å²) < 4.78 is 0. The molecule has 1 aliphatic heterocycles. The lowest BCUT2D eigenvalue weighted by Crippen LogP contribution is -2.19. The zero-order chi connectivity index (χ0) is 20.9. The Balaban J connectivity index is 1.48. The van der Waals surface area contributed by atoms with Crippen molar-refractivity contribution < 1.29 is 0 Å². The minimum Gasteiger partial charge on any atom is -0.340 e. The summed E-state index contributed by atoms with van der Waals surface area (Å²) in [6.07, 6.45) is 6.16. The van der Waals surface area contributed by atoms with E-state index in [4.69, 9.17) is 5.26 Å². The van der Waals surface area contributed by atoms with E-state index >= 15 is 0 Å². The molecular weight excluding hydrogens is 372 g/mol. The first-order valence-electron chi connectivity index (χ1n) is 9.95. The topological polar surface area (TPSA) is 76.9 Å². The Labute approximate surface area is 176 Å². The Morgan fingerprint density at radius 2 is 1.70 bits per heavy atom. The minimum absolute atomic E-state index is 0.498. The molecule has 0 unspecified atom stereocenters. The van der Waals surface area contributed by atoms with Crippen molar-refractivity contribution in [2.75, 3.05) is 23.7 Å². The fourth-order valence-corrected chi connectivity index (χ4v) is 3.62. The highest BCUT2D eigenvalue weighted by atomic mass is 15.1. The summed E-state index contributed by atoms with van der Waals surface area (Å²) in [5, 5.41) is 15.5. The van der Waals surface area contributed by atoms with Crippen molar-refractivity contribution in [2.45, 2.75) is 20.4 Å². The first-order chi connectivity index (χ1) is 14.6. The van der Waals surface area contributed by atoms with Crippen molar-refractivity contribution in [3.63, 3.8) is 0 Å². The minimum atomic E-state index is 0.498. The van der Waals surface area contributed by atoms with Gasteiger partial charge in [0.1, 0.15) is 5.82 Å². The molecule has 0 bridgehead atoms. The molecule has 0 atom stereocenters. The van der Waals surface area contributed by atoms with E-state index in [1.54, 1.807) is 18.3 Å². The number of nitriles is 1. The summed E-state index contributed by atoms with van der Waals surface area (Å²) >= 11 is 0. The maximum atomic E-state index is 8.92.